The third kappa shape index (κ3) is 3.18. The third-order valence-corrected chi connectivity index (χ3v) is 3.68. The lowest BCUT2D eigenvalue weighted by atomic mass is 10.1. The van der Waals surface area contributed by atoms with Crippen molar-refractivity contribution in [1.29, 1.82) is 0 Å². The zero-order chi connectivity index (χ0) is 12.3. The van der Waals surface area contributed by atoms with E-state index in [0.717, 1.165) is 25.2 Å². The van der Waals surface area contributed by atoms with Gasteiger partial charge in [0.25, 0.3) is 0 Å². The fourth-order valence-electron chi connectivity index (χ4n) is 2.44. The number of likely N-dealkylation sites (tertiary alicyclic amines) is 1. The van der Waals surface area contributed by atoms with Gasteiger partial charge in [-0.3, -0.25) is 4.90 Å². The van der Waals surface area contributed by atoms with Crippen LogP contribution in [0.25, 0.3) is 0 Å². The Bertz CT molecular complexity index is 384. The first-order valence-corrected chi connectivity index (χ1v) is 6.41. The number of benzene rings is 1. The van der Waals surface area contributed by atoms with Gasteiger partial charge in [-0.25, -0.2) is 4.39 Å². The maximum absolute atomic E-state index is 13.0. The molecule has 0 aromatic heterocycles. The van der Waals surface area contributed by atoms with Gasteiger partial charge in [0.1, 0.15) is 5.82 Å². The van der Waals surface area contributed by atoms with E-state index in [0.29, 0.717) is 11.1 Å². The quantitative estimate of drug-likeness (QED) is 0.891. The lowest BCUT2D eigenvalue weighted by Gasteiger charge is -2.24. The van der Waals surface area contributed by atoms with Crippen LogP contribution in [-0.2, 0) is 6.54 Å². The second-order valence-corrected chi connectivity index (χ2v) is 4.97. The van der Waals surface area contributed by atoms with E-state index in [-0.39, 0.29) is 5.82 Å². The van der Waals surface area contributed by atoms with Crippen molar-refractivity contribution in [3.05, 3.63) is 34.6 Å². The van der Waals surface area contributed by atoms with E-state index in [1.165, 1.54) is 25.0 Å². The van der Waals surface area contributed by atoms with Crippen molar-refractivity contribution in [2.75, 3.05) is 20.1 Å². The van der Waals surface area contributed by atoms with E-state index >= 15 is 0 Å². The zero-order valence-corrected chi connectivity index (χ0v) is 10.8. The van der Waals surface area contributed by atoms with Gasteiger partial charge in [-0.15, -0.1) is 0 Å². The van der Waals surface area contributed by atoms with Gasteiger partial charge in [0.15, 0.2) is 0 Å². The minimum atomic E-state index is -0.271. The topological polar surface area (TPSA) is 15.3 Å². The summed E-state index contributed by atoms with van der Waals surface area (Å²) in [6.45, 7) is 2.91. The molecule has 1 heterocycles. The molecule has 1 fully saturated rings. The van der Waals surface area contributed by atoms with Crippen molar-refractivity contribution in [3.63, 3.8) is 0 Å². The largest absolute Gasteiger partial charge is 0.318 e. The van der Waals surface area contributed by atoms with Gasteiger partial charge in [-0.2, -0.15) is 0 Å². The summed E-state index contributed by atoms with van der Waals surface area (Å²) in [6.07, 6.45) is 2.45. The summed E-state index contributed by atoms with van der Waals surface area (Å²) in [7, 11) is 1.97. The molecule has 1 aromatic rings. The van der Waals surface area contributed by atoms with Gasteiger partial charge in [0.05, 0.1) is 0 Å². The summed E-state index contributed by atoms with van der Waals surface area (Å²) >= 11 is 6.05. The highest BCUT2D eigenvalue weighted by Gasteiger charge is 2.24. The number of hydrogen-bond donors (Lipinski definition) is 1. The molecule has 0 saturated carbocycles. The van der Waals surface area contributed by atoms with Crippen molar-refractivity contribution in [3.8, 4) is 0 Å². The summed E-state index contributed by atoms with van der Waals surface area (Å²) in [5, 5.41) is 3.74. The van der Waals surface area contributed by atoms with Crippen LogP contribution in [0.5, 0.6) is 0 Å². The first-order valence-electron chi connectivity index (χ1n) is 6.03. The van der Waals surface area contributed by atoms with Gasteiger partial charge in [0, 0.05) is 24.2 Å². The fraction of sp³-hybridized carbons (Fsp3) is 0.538. The molecular formula is C13H18ClFN2. The summed E-state index contributed by atoms with van der Waals surface area (Å²) in [6, 6.07) is 5.22. The molecule has 1 aromatic carbocycles. The second kappa shape index (κ2) is 5.80. The van der Waals surface area contributed by atoms with Crippen LogP contribution in [0.15, 0.2) is 18.2 Å². The van der Waals surface area contributed by atoms with E-state index < -0.39 is 0 Å². The van der Waals surface area contributed by atoms with Crippen molar-refractivity contribution in [2.45, 2.75) is 25.4 Å². The lowest BCUT2D eigenvalue weighted by Crippen LogP contribution is -2.36. The average Bonchev–Trinajstić information content (AvgIpc) is 2.71. The van der Waals surface area contributed by atoms with Gasteiger partial charge in [-0.05, 0) is 44.1 Å². The van der Waals surface area contributed by atoms with Gasteiger partial charge in [0.2, 0.25) is 0 Å². The number of nitrogens with zero attached hydrogens (tertiary/aromatic N) is 1. The number of likely N-dealkylation sites (N-methyl/N-ethyl adjacent to an activating group) is 1. The zero-order valence-electron chi connectivity index (χ0n) is 10.0. The fourth-order valence-corrected chi connectivity index (χ4v) is 2.67. The minimum absolute atomic E-state index is 0.271. The number of hydrogen-bond acceptors (Lipinski definition) is 2. The maximum Gasteiger partial charge on any atom is 0.124 e. The average molecular weight is 257 g/mol. The monoisotopic (exact) mass is 256 g/mol. The Labute approximate surface area is 107 Å². The van der Waals surface area contributed by atoms with Gasteiger partial charge >= 0.3 is 0 Å². The molecule has 0 amide bonds. The molecular weight excluding hydrogens is 239 g/mol. The highest BCUT2D eigenvalue weighted by molar-refractivity contribution is 6.31. The number of nitrogens with one attached hydrogen (secondary N) is 1. The van der Waals surface area contributed by atoms with Crippen LogP contribution in [0, 0.1) is 5.82 Å². The van der Waals surface area contributed by atoms with Crippen LogP contribution < -0.4 is 5.32 Å². The third-order valence-electron chi connectivity index (χ3n) is 3.33. The Balaban J connectivity index is 2.04. The van der Waals surface area contributed by atoms with E-state index in [4.69, 9.17) is 11.6 Å². The molecule has 0 radical (unpaired) electrons. The molecule has 0 aliphatic carbocycles. The number of halogens is 2. The molecule has 1 saturated heterocycles. The highest BCUT2D eigenvalue weighted by Crippen LogP contribution is 2.24. The van der Waals surface area contributed by atoms with E-state index in [1.54, 1.807) is 6.07 Å². The van der Waals surface area contributed by atoms with Gasteiger partial charge in [-0.1, -0.05) is 17.7 Å². The Hall–Kier alpha value is -0.640. The standard InChI is InChI=1S/C13H18ClFN2/c1-16-8-12-3-2-6-17(12)9-10-4-5-11(15)7-13(10)14/h4-5,7,12,16H,2-3,6,8-9H2,1H3. The summed E-state index contributed by atoms with van der Waals surface area (Å²) in [5.74, 6) is -0.271. The van der Waals surface area contributed by atoms with Gasteiger partial charge < -0.3 is 5.32 Å². The molecule has 1 N–H and O–H groups in total. The molecule has 2 rings (SSSR count). The first-order chi connectivity index (χ1) is 8.20. The van der Waals surface area contributed by atoms with E-state index in [1.807, 2.05) is 7.05 Å². The predicted molar refractivity (Wildman–Crippen MR) is 68.8 cm³/mol. The van der Waals surface area contributed by atoms with E-state index in [9.17, 15) is 4.39 Å². The van der Waals surface area contributed by atoms with Crippen molar-refractivity contribution >= 4 is 11.6 Å². The maximum atomic E-state index is 13.0. The van der Waals surface area contributed by atoms with Crippen LogP contribution in [-0.4, -0.2) is 31.1 Å². The van der Waals surface area contributed by atoms with E-state index in [2.05, 4.69) is 10.2 Å². The predicted octanol–water partition coefficient (Wildman–Crippen LogP) is 2.66. The lowest BCUT2D eigenvalue weighted by molar-refractivity contribution is 0.242. The van der Waals surface area contributed by atoms with Crippen LogP contribution in [0.1, 0.15) is 18.4 Å². The Morgan fingerprint density at radius 1 is 1.53 bits per heavy atom. The Kier molecular flexibility index (Phi) is 4.37. The summed E-state index contributed by atoms with van der Waals surface area (Å²) in [4.78, 5) is 2.41. The Morgan fingerprint density at radius 3 is 3.06 bits per heavy atom. The molecule has 1 unspecified atom stereocenters. The highest BCUT2D eigenvalue weighted by atomic mass is 35.5. The number of rotatable bonds is 4. The molecule has 0 spiro atoms. The second-order valence-electron chi connectivity index (χ2n) is 4.56. The van der Waals surface area contributed by atoms with Crippen molar-refractivity contribution < 1.29 is 4.39 Å². The minimum Gasteiger partial charge on any atom is -0.318 e. The van der Waals surface area contributed by atoms with Crippen LogP contribution in [0.3, 0.4) is 0 Å². The summed E-state index contributed by atoms with van der Waals surface area (Å²) in [5.41, 5.74) is 1.01. The molecule has 2 nitrogen and oxygen atoms in total. The Morgan fingerprint density at radius 2 is 2.35 bits per heavy atom. The summed E-state index contributed by atoms with van der Waals surface area (Å²) < 4.78 is 13.0. The molecule has 1 aliphatic rings. The van der Waals surface area contributed by atoms with Crippen LogP contribution in [0.4, 0.5) is 4.39 Å². The van der Waals surface area contributed by atoms with Crippen LogP contribution in [0.2, 0.25) is 5.02 Å². The smallest absolute Gasteiger partial charge is 0.124 e. The van der Waals surface area contributed by atoms with Crippen molar-refractivity contribution in [2.24, 2.45) is 0 Å². The van der Waals surface area contributed by atoms with Crippen LogP contribution >= 0.6 is 11.6 Å². The SMILES string of the molecule is CNCC1CCCN1Cc1ccc(F)cc1Cl. The molecule has 0 bridgehead atoms. The molecule has 94 valence electrons. The molecule has 17 heavy (non-hydrogen) atoms. The normalized spacial score (nSPS) is 21.0. The molecule has 4 heteroatoms. The molecule has 1 atom stereocenters. The molecule has 1 aliphatic heterocycles. The first kappa shape index (κ1) is 12.8. The van der Waals surface area contributed by atoms with Crippen molar-refractivity contribution in [1.82, 2.24) is 10.2 Å².